The topological polar surface area (TPSA) is 69.1 Å². The average molecular weight is 344 g/mol. The van der Waals surface area contributed by atoms with Crippen molar-refractivity contribution in [3.8, 4) is 11.5 Å². The van der Waals surface area contributed by atoms with Crippen LogP contribution in [-0.2, 0) is 16.7 Å². The highest BCUT2D eigenvalue weighted by molar-refractivity contribution is 7.99. The highest BCUT2D eigenvalue weighted by Gasteiger charge is 2.30. The second-order valence-electron chi connectivity index (χ2n) is 4.83. The first kappa shape index (κ1) is 17.4. The minimum atomic E-state index is -4.37. The molecule has 8 heteroatoms. The molecule has 1 aromatic heterocycles. The Bertz CT molecular complexity index is 668. The molecule has 0 saturated carbocycles. The number of hydrogen-bond acceptors (Lipinski definition) is 4. The van der Waals surface area contributed by atoms with E-state index in [1.807, 2.05) is 6.92 Å². The predicted octanol–water partition coefficient (Wildman–Crippen LogP) is 3.86. The number of benzene rings is 1. The summed E-state index contributed by atoms with van der Waals surface area (Å²) >= 11 is 1.35. The van der Waals surface area contributed by atoms with Gasteiger partial charge in [0.05, 0.1) is 16.5 Å². The summed E-state index contributed by atoms with van der Waals surface area (Å²) in [6, 6.07) is 4.58. The van der Waals surface area contributed by atoms with Gasteiger partial charge in [-0.3, -0.25) is 4.79 Å². The average Bonchev–Trinajstić information content (AvgIpc) is 2.96. The van der Waals surface area contributed by atoms with Gasteiger partial charge in [0.25, 0.3) is 0 Å². The van der Waals surface area contributed by atoms with Crippen LogP contribution in [0.25, 0.3) is 11.5 Å². The van der Waals surface area contributed by atoms with E-state index in [4.69, 9.17) is 10.2 Å². The molecule has 0 bridgehead atoms. The van der Waals surface area contributed by atoms with Crippen molar-refractivity contribution in [3.05, 3.63) is 41.8 Å². The van der Waals surface area contributed by atoms with Crippen LogP contribution in [0.5, 0.6) is 0 Å². The van der Waals surface area contributed by atoms with Crippen molar-refractivity contribution < 1.29 is 22.4 Å². The third-order valence-corrected chi connectivity index (χ3v) is 4.56. The van der Waals surface area contributed by atoms with Crippen LogP contribution < -0.4 is 5.73 Å². The second kappa shape index (κ2) is 7.08. The fraction of sp³-hybridized carbons (Fsp3) is 0.333. The number of halogens is 3. The van der Waals surface area contributed by atoms with Crippen LogP contribution >= 0.6 is 11.8 Å². The fourth-order valence-corrected chi connectivity index (χ4v) is 2.80. The van der Waals surface area contributed by atoms with E-state index in [0.717, 1.165) is 12.1 Å². The molecule has 1 heterocycles. The number of carbonyl (C=O) groups is 1. The van der Waals surface area contributed by atoms with E-state index in [2.05, 4.69) is 4.98 Å². The monoisotopic (exact) mass is 344 g/mol. The van der Waals surface area contributed by atoms with Crippen molar-refractivity contribution in [3.63, 3.8) is 0 Å². The molecule has 2 N–H and O–H groups in total. The summed E-state index contributed by atoms with van der Waals surface area (Å²) in [5.41, 5.74) is 5.59. The first-order valence-corrected chi connectivity index (χ1v) is 7.89. The molecule has 2 rings (SSSR count). The number of rotatable bonds is 6. The van der Waals surface area contributed by atoms with Gasteiger partial charge in [0.2, 0.25) is 11.8 Å². The molecular formula is C15H15F3N2O2S. The number of primary amides is 1. The van der Waals surface area contributed by atoms with Gasteiger partial charge < -0.3 is 10.2 Å². The number of amides is 1. The van der Waals surface area contributed by atoms with Gasteiger partial charge in [0.15, 0.2) is 0 Å². The molecule has 2 aromatic rings. The molecule has 124 valence electrons. The second-order valence-corrected chi connectivity index (χ2v) is 6.02. The largest absolute Gasteiger partial charge is 0.444 e. The molecule has 0 unspecified atom stereocenters. The minimum absolute atomic E-state index is 0.237. The summed E-state index contributed by atoms with van der Waals surface area (Å²) in [6.07, 6.45) is -2.34. The Balaban J connectivity index is 2.06. The minimum Gasteiger partial charge on any atom is -0.444 e. The van der Waals surface area contributed by atoms with Crippen LogP contribution in [0.15, 0.2) is 34.9 Å². The SMILES string of the molecule is CC[C@H](SCc1coc(-c2ccc(C(F)(F)F)cc2)n1)C(N)=O. The number of nitrogens with zero attached hydrogens (tertiary/aromatic N) is 1. The molecule has 4 nitrogen and oxygen atoms in total. The van der Waals surface area contributed by atoms with E-state index in [1.54, 1.807) is 0 Å². The van der Waals surface area contributed by atoms with Crippen molar-refractivity contribution in [2.24, 2.45) is 5.73 Å². The smallest absolute Gasteiger partial charge is 0.416 e. The molecule has 0 fully saturated rings. The molecular weight excluding hydrogens is 329 g/mol. The van der Waals surface area contributed by atoms with Crippen LogP contribution in [0, 0.1) is 0 Å². The fourth-order valence-electron chi connectivity index (χ4n) is 1.89. The summed E-state index contributed by atoms with van der Waals surface area (Å²) in [7, 11) is 0. The summed E-state index contributed by atoms with van der Waals surface area (Å²) in [5.74, 6) is 0.288. The Hall–Kier alpha value is -1.96. The molecule has 0 spiro atoms. The van der Waals surface area contributed by atoms with Crippen LogP contribution in [0.1, 0.15) is 24.6 Å². The summed E-state index contributed by atoms with van der Waals surface area (Å²) < 4.78 is 42.8. The Morgan fingerprint density at radius 3 is 2.52 bits per heavy atom. The zero-order chi connectivity index (χ0) is 17.0. The maximum atomic E-state index is 12.5. The summed E-state index contributed by atoms with van der Waals surface area (Å²) in [4.78, 5) is 15.4. The molecule has 0 aliphatic carbocycles. The lowest BCUT2D eigenvalue weighted by molar-refractivity contribution is -0.137. The van der Waals surface area contributed by atoms with Gasteiger partial charge in [-0.2, -0.15) is 13.2 Å². The van der Waals surface area contributed by atoms with E-state index in [-0.39, 0.29) is 17.0 Å². The van der Waals surface area contributed by atoms with Crippen LogP contribution in [0.4, 0.5) is 13.2 Å². The molecule has 1 atom stereocenters. The van der Waals surface area contributed by atoms with E-state index >= 15 is 0 Å². The van der Waals surface area contributed by atoms with Crippen molar-refractivity contribution >= 4 is 17.7 Å². The van der Waals surface area contributed by atoms with Crippen molar-refractivity contribution in [1.29, 1.82) is 0 Å². The highest BCUT2D eigenvalue weighted by Crippen LogP contribution is 2.31. The zero-order valence-electron chi connectivity index (χ0n) is 12.3. The summed E-state index contributed by atoms with van der Waals surface area (Å²) in [5, 5.41) is -0.304. The molecule has 0 aliphatic heterocycles. The van der Waals surface area contributed by atoms with Crippen molar-refractivity contribution in [1.82, 2.24) is 4.98 Å². The molecule has 0 saturated heterocycles. The number of hydrogen-bond donors (Lipinski definition) is 1. The lowest BCUT2D eigenvalue weighted by atomic mass is 10.1. The van der Waals surface area contributed by atoms with Gasteiger partial charge >= 0.3 is 6.18 Å². The van der Waals surface area contributed by atoms with Crippen molar-refractivity contribution in [2.45, 2.75) is 30.5 Å². The molecule has 0 radical (unpaired) electrons. The zero-order valence-corrected chi connectivity index (χ0v) is 13.1. The van der Waals surface area contributed by atoms with E-state index < -0.39 is 11.7 Å². The number of aromatic nitrogens is 1. The number of carbonyl (C=O) groups excluding carboxylic acids is 1. The Labute approximate surface area is 135 Å². The number of alkyl halides is 3. The third-order valence-electron chi connectivity index (χ3n) is 3.13. The highest BCUT2D eigenvalue weighted by atomic mass is 32.2. The summed E-state index contributed by atoms with van der Waals surface area (Å²) in [6.45, 7) is 1.86. The van der Waals surface area contributed by atoms with Gasteiger partial charge in [-0.25, -0.2) is 4.98 Å². The first-order chi connectivity index (χ1) is 10.8. The van der Waals surface area contributed by atoms with Crippen LogP contribution in [-0.4, -0.2) is 16.1 Å². The standard InChI is InChI=1S/C15H15F3N2O2S/c1-2-12(13(19)21)23-8-11-7-22-14(20-11)9-3-5-10(6-4-9)15(16,17)18/h3-7,12H,2,8H2,1H3,(H2,19,21)/t12-/m0/s1. The number of nitrogens with two attached hydrogens (primary N) is 1. The quantitative estimate of drug-likeness (QED) is 0.864. The lowest BCUT2D eigenvalue weighted by Gasteiger charge is -2.08. The predicted molar refractivity (Wildman–Crippen MR) is 81.5 cm³/mol. The molecule has 1 aromatic carbocycles. The van der Waals surface area contributed by atoms with Gasteiger partial charge in [-0.15, -0.1) is 11.8 Å². The normalized spacial score (nSPS) is 13.0. The molecule has 0 aliphatic rings. The Morgan fingerprint density at radius 1 is 1.35 bits per heavy atom. The number of thioether (sulfide) groups is 1. The van der Waals surface area contributed by atoms with E-state index in [0.29, 0.717) is 23.4 Å². The lowest BCUT2D eigenvalue weighted by Crippen LogP contribution is -2.25. The van der Waals surface area contributed by atoms with E-state index in [9.17, 15) is 18.0 Å². The van der Waals surface area contributed by atoms with Gasteiger partial charge in [0.1, 0.15) is 6.26 Å². The Morgan fingerprint density at radius 2 is 2.00 bits per heavy atom. The van der Waals surface area contributed by atoms with Gasteiger partial charge in [-0.1, -0.05) is 6.92 Å². The number of oxazole rings is 1. The first-order valence-electron chi connectivity index (χ1n) is 6.84. The maximum Gasteiger partial charge on any atom is 0.416 e. The Kier molecular flexibility index (Phi) is 5.35. The van der Waals surface area contributed by atoms with E-state index in [1.165, 1.54) is 30.2 Å². The molecule has 1 amide bonds. The molecule has 23 heavy (non-hydrogen) atoms. The van der Waals surface area contributed by atoms with Gasteiger partial charge in [-0.05, 0) is 30.7 Å². The van der Waals surface area contributed by atoms with Gasteiger partial charge in [0, 0.05) is 11.3 Å². The third kappa shape index (κ3) is 4.51. The van der Waals surface area contributed by atoms with Crippen LogP contribution in [0.3, 0.4) is 0 Å². The van der Waals surface area contributed by atoms with Crippen molar-refractivity contribution in [2.75, 3.05) is 0 Å². The maximum absolute atomic E-state index is 12.5. The van der Waals surface area contributed by atoms with Crippen LogP contribution in [0.2, 0.25) is 0 Å².